The average molecular weight is 220 g/mol. The van der Waals surface area contributed by atoms with E-state index in [1.807, 2.05) is 0 Å². The van der Waals surface area contributed by atoms with Crippen molar-refractivity contribution in [3.8, 4) is 0 Å². The first-order chi connectivity index (χ1) is 7.18. The fourth-order valence-corrected chi connectivity index (χ4v) is 1.29. The molecule has 0 radical (unpaired) electrons. The van der Waals surface area contributed by atoms with E-state index >= 15 is 0 Å². The molecule has 15 heavy (non-hydrogen) atoms. The van der Waals surface area contributed by atoms with Crippen molar-refractivity contribution in [1.29, 1.82) is 0 Å². The van der Waals surface area contributed by atoms with Gasteiger partial charge in [-0.2, -0.15) is 4.99 Å². The number of nitro groups is 1. The summed E-state index contributed by atoms with van der Waals surface area (Å²) in [5, 5.41) is 18.0. The third kappa shape index (κ3) is 1.77. The zero-order valence-electron chi connectivity index (χ0n) is 7.32. The molecule has 0 aliphatic carbocycles. The molecule has 1 aliphatic rings. The largest absolute Gasteiger partial charge is 0.280 e. The maximum Gasteiger partial charge on any atom is 0.280 e. The highest BCUT2D eigenvalue weighted by Crippen LogP contribution is 2.21. The number of para-hydroxylation sites is 1. The molecular weight excluding hydrogens is 216 g/mol. The van der Waals surface area contributed by atoms with Gasteiger partial charge in [0, 0.05) is 6.07 Å². The molecule has 1 aliphatic heterocycles. The van der Waals surface area contributed by atoms with Gasteiger partial charge in [0.05, 0.1) is 10.5 Å². The van der Waals surface area contributed by atoms with Crippen LogP contribution in [0.4, 0.5) is 5.69 Å². The first kappa shape index (κ1) is 9.53. The average Bonchev–Trinajstić information content (AvgIpc) is 2.65. The second-order valence-electron chi connectivity index (χ2n) is 2.69. The van der Waals surface area contributed by atoms with Gasteiger partial charge < -0.3 is 0 Å². The minimum atomic E-state index is -0.491. The molecule has 0 bridgehead atoms. The van der Waals surface area contributed by atoms with Crippen LogP contribution in [-0.4, -0.2) is 15.9 Å². The Morgan fingerprint density at radius 2 is 2.00 bits per heavy atom. The summed E-state index contributed by atoms with van der Waals surface area (Å²) in [6.45, 7) is 0. The number of amidine groups is 1. The Hall–Kier alpha value is -2.02. The molecule has 2 rings (SSSR count). The van der Waals surface area contributed by atoms with Crippen LogP contribution in [0, 0.1) is 10.1 Å². The Balaban J connectivity index is 2.54. The highest BCUT2D eigenvalue weighted by Gasteiger charge is 2.20. The van der Waals surface area contributed by atoms with Gasteiger partial charge in [0.15, 0.2) is 5.84 Å². The number of azo groups is 1. The van der Waals surface area contributed by atoms with Crippen molar-refractivity contribution < 1.29 is 4.92 Å². The van der Waals surface area contributed by atoms with Crippen molar-refractivity contribution in [2.24, 2.45) is 15.2 Å². The van der Waals surface area contributed by atoms with E-state index in [0.29, 0.717) is 5.56 Å². The summed E-state index contributed by atoms with van der Waals surface area (Å²) in [7, 11) is 0. The second-order valence-corrected chi connectivity index (χ2v) is 3.06. The minimum Gasteiger partial charge on any atom is -0.258 e. The molecule has 0 atom stereocenters. The topological polar surface area (TPSA) is 80.2 Å². The first-order valence-corrected chi connectivity index (χ1v) is 4.37. The molecule has 74 valence electrons. The van der Waals surface area contributed by atoms with Gasteiger partial charge in [-0.05, 0) is 18.3 Å². The van der Waals surface area contributed by atoms with Crippen molar-refractivity contribution in [3.05, 3.63) is 39.9 Å². The van der Waals surface area contributed by atoms with E-state index in [0.717, 1.165) is 0 Å². The molecule has 7 heteroatoms. The molecule has 1 aromatic carbocycles. The maximum atomic E-state index is 10.7. The molecular formula is C8H4N4O2S. The lowest BCUT2D eigenvalue weighted by Crippen LogP contribution is -2.00. The molecule has 1 aromatic rings. The van der Waals surface area contributed by atoms with Crippen LogP contribution in [0.15, 0.2) is 39.5 Å². The summed E-state index contributed by atoms with van der Waals surface area (Å²) in [5.41, 5.74) is 0.269. The van der Waals surface area contributed by atoms with E-state index in [2.05, 4.69) is 27.4 Å². The first-order valence-electron chi connectivity index (χ1n) is 3.96. The van der Waals surface area contributed by atoms with E-state index in [-0.39, 0.29) is 16.6 Å². The van der Waals surface area contributed by atoms with Crippen molar-refractivity contribution >= 4 is 28.9 Å². The van der Waals surface area contributed by atoms with Crippen LogP contribution < -0.4 is 0 Å². The quantitative estimate of drug-likeness (QED) is 0.434. The number of rotatable bonds is 2. The van der Waals surface area contributed by atoms with Crippen LogP contribution >= 0.6 is 12.2 Å². The van der Waals surface area contributed by atoms with Gasteiger partial charge in [0.1, 0.15) is 0 Å². The zero-order chi connectivity index (χ0) is 10.8. The number of thiocarbonyl (C=S) groups is 1. The van der Waals surface area contributed by atoms with E-state index in [1.165, 1.54) is 6.07 Å². The van der Waals surface area contributed by atoms with Crippen LogP contribution in [0.2, 0.25) is 0 Å². The fourth-order valence-electron chi connectivity index (χ4n) is 1.16. The lowest BCUT2D eigenvalue weighted by atomic mass is 10.1. The number of aliphatic imine (C=N–C) groups is 1. The lowest BCUT2D eigenvalue weighted by Gasteiger charge is -1.97. The van der Waals surface area contributed by atoms with Crippen LogP contribution in [-0.2, 0) is 0 Å². The standard InChI is InChI=1S/C8H4N4O2S/c13-12(14)6-4-2-1-3-5(6)7-9-8(15)11-10-7/h1-4H. The number of benzene rings is 1. The summed E-state index contributed by atoms with van der Waals surface area (Å²) < 4.78 is 0. The monoisotopic (exact) mass is 220 g/mol. The van der Waals surface area contributed by atoms with E-state index < -0.39 is 4.92 Å². The number of nitro benzene ring substituents is 1. The van der Waals surface area contributed by atoms with E-state index in [1.54, 1.807) is 18.2 Å². The molecule has 0 unspecified atom stereocenters. The van der Waals surface area contributed by atoms with Crippen LogP contribution in [0.5, 0.6) is 0 Å². The molecule has 0 N–H and O–H groups in total. The second kappa shape index (κ2) is 3.62. The Morgan fingerprint density at radius 1 is 1.27 bits per heavy atom. The molecule has 0 aromatic heterocycles. The molecule has 0 amide bonds. The fraction of sp³-hybridized carbons (Fsp3) is 0. The summed E-state index contributed by atoms with van der Waals surface area (Å²) in [6, 6.07) is 6.19. The Labute approximate surface area is 89.5 Å². The van der Waals surface area contributed by atoms with E-state index in [9.17, 15) is 10.1 Å². The normalized spacial score (nSPS) is 14.1. The zero-order valence-corrected chi connectivity index (χ0v) is 8.14. The van der Waals surface area contributed by atoms with E-state index in [4.69, 9.17) is 0 Å². The third-order valence-corrected chi connectivity index (χ3v) is 1.95. The Kier molecular flexibility index (Phi) is 2.30. The van der Waals surface area contributed by atoms with Crippen LogP contribution in [0.25, 0.3) is 0 Å². The van der Waals surface area contributed by atoms with Crippen molar-refractivity contribution in [2.75, 3.05) is 0 Å². The number of hydrogen-bond acceptors (Lipinski definition) is 4. The summed E-state index contributed by atoms with van der Waals surface area (Å²) in [6.07, 6.45) is 0. The highest BCUT2D eigenvalue weighted by molar-refractivity contribution is 7.80. The van der Waals surface area contributed by atoms with Gasteiger partial charge in [-0.3, -0.25) is 10.1 Å². The minimum absolute atomic E-state index is 0.0556. The van der Waals surface area contributed by atoms with Gasteiger partial charge in [-0.1, -0.05) is 12.1 Å². The van der Waals surface area contributed by atoms with Crippen LogP contribution in [0.3, 0.4) is 0 Å². The smallest absolute Gasteiger partial charge is 0.258 e. The summed E-state index contributed by atoms with van der Waals surface area (Å²) >= 11 is 4.69. The third-order valence-electron chi connectivity index (χ3n) is 1.77. The van der Waals surface area contributed by atoms with Gasteiger partial charge in [-0.25, -0.2) is 0 Å². The molecule has 0 spiro atoms. The van der Waals surface area contributed by atoms with Gasteiger partial charge >= 0.3 is 0 Å². The molecule has 1 heterocycles. The Morgan fingerprint density at radius 3 is 2.60 bits per heavy atom. The van der Waals surface area contributed by atoms with Crippen molar-refractivity contribution in [2.45, 2.75) is 0 Å². The summed E-state index contributed by atoms with van der Waals surface area (Å²) in [4.78, 5) is 14.0. The molecule has 0 fully saturated rings. The molecule has 0 saturated carbocycles. The number of hydrogen-bond donors (Lipinski definition) is 0. The van der Waals surface area contributed by atoms with Gasteiger partial charge in [0.2, 0.25) is 5.11 Å². The molecule has 6 nitrogen and oxygen atoms in total. The van der Waals surface area contributed by atoms with Crippen molar-refractivity contribution in [3.63, 3.8) is 0 Å². The van der Waals surface area contributed by atoms with Crippen LogP contribution in [0.1, 0.15) is 5.56 Å². The van der Waals surface area contributed by atoms with Gasteiger partial charge in [0.25, 0.3) is 5.69 Å². The maximum absolute atomic E-state index is 10.7. The predicted molar refractivity (Wildman–Crippen MR) is 57.1 cm³/mol. The SMILES string of the molecule is O=[N+]([O-])c1ccccc1C1=NC(=S)N=N1. The summed E-state index contributed by atoms with van der Waals surface area (Å²) in [5.74, 6) is 0.187. The van der Waals surface area contributed by atoms with Crippen molar-refractivity contribution in [1.82, 2.24) is 0 Å². The molecule has 0 saturated heterocycles. The lowest BCUT2D eigenvalue weighted by molar-refractivity contribution is -0.385. The predicted octanol–water partition coefficient (Wildman–Crippen LogP) is 2.09. The highest BCUT2D eigenvalue weighted by atomic mass is 32.1. The van der Waals surface area contributed by atoms with Gasteiger partial charge in [-0.15, -0.1) is 10.2 Å². The Bertz CT molecular complexity index is 509. The number of nitrogens with zero attached hydrogens (tertiary/aromatic N) is 4.